The second-order valence-electron chi connectivity index (χ2n) is 2.55. The first-order chi connectivity index (χ1) is 6.29. The molecule has 0 unspecified atom stereocenters. The van der Waals surface area contributed by atoms with Gasteiger partial charge in [0.2, 0.25) is 0 Å². The van der Waals surface area contributed by atoms with E-state index in [1.165, 1.54) is 17.5 Å². The van der Waals surface area contributed by atoms with Crippen molar-refractivity contribution in [3.63, 3.8) is 0 Å². The van der Waals surface area contributed by atoms with Gasteiger partial charge in [0.05, 0.1) is 0 Å². The van der Waals surface area contributed by atoms with E-state index in [2.05, 4.69) is 16.9 Å². The second-order valence-corrected chi connectivity index (χ2v) is 3.45. The number of urea groups is 1. The van der Waals surface area contributed by atoms with Crippen molar-refractivity contribution < 1.29 is 4.79 Å². The van der Waals surface area contributed by atoms with Crippen molar-refractivity contribution in [3.8, 4) is 0 Å². The molecule has 1 aromatic carbocycles. The Bertz CT molecular complexity index is 264. The Hall–Kier alpha value is -1.16. The Balaban J connectivity index is 2.17. The second kappa shape index (κ2) is 5.48. The number of carbonyl (C=O) groups is 1. The summed E-state index contributed by atoms with van der Waals surface area (Å²) in [6.07, 6.45) is 0.936. The maximum absolute atomic E-state index is 10.3. The summed E-state index contributed by atoms with van der Waals surface area (Å²) in [6.45, 7) is 0. The van der Waals surface area contributed by atoms with Gasteiger partial charge in [-0.05, 0) is 23.9 Å². The molecule has 2 amide bonds. The third-order valence-corrected chi connectivity index (χ3v) is 2.26. The number of nitrogens with two attached hydrogens (primary N) is 1. The summed E-state index contributed by atoms with van der Waals surface area (Å²) in [5.74, 6) is 0.840. The molecule has 0 fully saturated rings. The number of rotatable bonds is 4. The zero-order chi connectivity index (χ0) is 9.52. The van der Waals surface area contributed by atoms with E-state index >= 15 is 0 Å². The number of amides is 2. The van der Waals surface area contributed by atoms with Gasteiger partial charge in [0.25, 0.3) is 0 Å². The highest BCUT2D eigenvalue weighted by Gasteiger charge is 1.93. The van der Waals surface area contributed by atoms with Crippen molar-refractivity contribution in [3.05, 3.63) is 35.9 Å². The van der Waals surface area contributed by atoms with Crippen LogP contribution in [0.25, 0.3) is 0 Å². The van der Waals surface area contributed by atoms with Gasteiger partial charge in [-0.15, -0.1) is 0 Å². The van der Waals surface area contributed by atoms with Crippen LogP contribution in [0.4, 0.5) is 4.79 Å². The van der Waals surface area contributed by atoms with Crippen LogP contribution in [0, 0.1) is 0 Å². The Labute approximate surface area is 81.8 Å². The Morgan fingerprint density at radius 3 is 2.69 bits per heavy atom. The number of hydrogen-bond donors (Lipinski definition) is 2. The van der Waals surface area contributed by atoms with Crippen LogP contribution in [0.2, 0.25) is 0 Å². The van der Waals surface area contributed by atoms with Gasteiger partial charge >= 0.3 is 6.03 Å². The van der Waals surface area contributed by atoms with Gasteiger partial charge in [0, 0.05) is 5.75 Å². The first-order valence-electron chi connectivity index (χ1n) is 4.00. The summed E-state index contributed by atoms with van der Waals surface area (Å²) >= 11 is 1.33. The lowest BCUT2D eigenvalue weighted by molar-refractivity contribution is 0.254. The summed E-state index contributed by atoms with van der Waals surface area (Å²) in [5.41, 5.74) is 6.17. The lowest BCUT2D eigenvalue weighted by Crippen LogP contribution is -2.23. The highest BCUT2D eigenvalue weighted by molar-refractivity contribution is 7.97. The predicted octanol–water partition coefficient (Wildman–Crippen LogP) is 1.55. The van der Waals surface area contributed by atoms with Crippen molar-refractivity contribution in [2.24, 2.45) is 5.73 Å². The molecule has 0 bridgehead atoms. The fourth-order valence-corrected chi connectivity index (χ4v) is 1.52. The lowest BCUT2D eigenvalue weighted by atomic mass is 10.2. The molecule has 13 heavy (non-hydrogen) atoms. The number of primary amides is 1. The summed E-state index contributed by atoms with van der Waals surface area (Å²) in [7, 11) is 0. The third kappa shape index (κ3) is 4.42. The van der Waals surface area contributed by atoms with Crippen LogP contribution < -0.4 is 10.5 Å². The molecule has 3 N–H and O–H groups in total. The van der Waals surface area contributed by atoms with Gasteiger partial charge in [-0.3, -0.25) is 4.72 Å². The molecule has 0 heterocycles. The van der Waals surface area contributed by atoms with Crippen LogP contribution in [0.3, 0.4) is 0 Å². The summed E-state index contributed by atoms with van der Waals surface area (Å²) in [6, 6.07) is 9.62. The molecule has 0 atom stereocenters. The number of aryl methyl sites for hydroxylation is 1. The van der Waals surface area contributed by atoms with Gasteiger partial charge < -0.3 is 5.73 Å². The van der Waals surface area contributed by atoms with E-state index in [0.717, 1.165) is 12.2 Å². The minimum Gasteiger partial charge on any atom is -0.351 e. The zero-order valence-corrected chi connectivity index (χ0v) is 8.01. The van der Waals surface area contributed by atoms with Crippen LogP contribution in [-0.2, 0) is 6.42 Å². The molecule has 1 aromatic rings. The molecule has 0 saturated heterocycles. The first kappa shape index (κ1) is 9.92. The maximum atomic E-state index is 10.3. The van der Waals surface area contributed by atoms with Crippen LogP contribution >= 0.6 is 11.9 Å². The van der Waals surface area contributed by atoms with Crippen LogP contribution in [0.15, 0.2) is 30.3 Å². The Kier molecular flexibility index (Phi) is 4.18. The van der Waals surface area contributed by atoms with E-state index in [-0.39, 0.29) is 0 Å². The summed E-state index contributed by atoms with van der Waals surface area (Å²) in [4.78, 5) is 10.3. The molecule has 0 radical (unpaired) electrons. The molecule has 4 heteroatoms. The summed E-state index contributed by atoms with van der Waals surface area (Å²) < 4.78 is 2.47. The number of benzene rings is 1. The Morgan fingerprint density at radius 1 is 1.38 bits per heavy atom. The van der Waals surface area contributed by atoms with Crippen LogP contribution in [0.5, 0.6) is 0 Å². The topological polar surface area (TPSA) is 55.1 Å². The molecule has 0 saturated carbocycles. The quantitative estimate of drug-likeness (QED) is 0.567. The van der Waals surface area contributed by atoms with Gasteiger partial charge in [-0.25, -0.2) is 4.79 Å². The predicted molar refractivity (Wildman–Crippen MR) is 55.3 cm³/mol. The van der Waals surface area contributed by atoms with Crippen LogP contribution in [-0.4, -0.2) is 11.8 Å². The van der Waals surface area contributed by atoms with Gasteiger partial charge in [0.15, 0.2) is 0 Å². The number of hydrogen-bond acceptors (Lipinski definition) is 2. The highest BCUT2D eigenvalue weighted by Crippen LogP contribution is 2.03. The minimum atomic E-state index is -0.488. The standard InChI is InChI=1S/C9H12N2OS/c10-9(12)11-13-7-6-8-4-2-1-3-5-8/h1-5H,6-7H2,(H3,10,11,12). The van der Waals surface area contributed by atoms with Crippen molar-refractivity contribution in [2.75, 3.05) is 5.75 Å². The molecule has 70 valence electrons. The normalized spacial score (nSPS) is 9.54. The molecule has 0 aromatic heterocycles. The largest absolute Gasteiger partial charge is 0.351 e. The monoisotopic (exact) mass is 196 g/mol. The fraction of sp³-hybridized carbons (Fsp3) is 0.222. The fourth-order valence-electron chi connectivity index (χ4n) is 0.936. The van der Waals surface area contributed by atoms with E-state index in [9.17, 15) is 4.79 Å². The van der Waals surface area contributed by atoms with Crippen molar-refractivity contribution in [1.29, 1.82) is 0 Å². The Morgan fingerprint density at radius 2 is 2.08 bits per heavy atom. The third-order valence-electron chi connectivity index (χ3n) is 1.51. The van der Waals surface area contributed by atoms with Crippen molar-refractivity contribution >= 4 is 18.0 Å². The van der Waals surface area contributed by atoms with E-state index < -0.39 is 6.03 Å². The molecule has 0 aliphatic heterocycles. The average Bonchev–Trinajstić information content (AvgIpc) is 2.14. The molecule has 0 aliphatic rings. The average molecular weight is 196 g/mol. The van der Waals surface area contributed by atoms with Gasteiger partial charge in [0.1, 0.15) is 0 Å². The SMILES string of the molecule is NC(=O)NSCCc1ccccc1. The van der Waals surface area contributed by atoms with E-state index in [0.29, 0.717) is 0 Å². The van der Waals surface area contributed by atoms with Gasteiger partial charge in [-0.2, -0.15) is 0 Å². The number of carbonyl (C=O) groups excluding carboxylic acids is 1. The van der Waals surface area contributed by atoms with E-state index in [4.69, 9.17) is 5.73 Å². The van der Waals surface area contributed by atoms with Gasteiger partial charge in [-0.1, -0.05) is 30.3 Å². The summed E-state index contributed by atoms with van der Waals surface area (Å²) in [5, 5.41) is 0. The van der Waals surface area contributed by atoms with E-state index in [1.807, 2.05) is 18.2 Å². The smallest absolute Gasteiger partial charge is 0.322 e. The molecule has 0 spiro atoms. The minimum absolute atomic E-state index is 0.488. The molecule has 0 aliphatic carbocycles. The molecule has 1 rings (SSSR count). The number of nitrogens with one attached hydrogen (secondary N) is 1. The van der Waals surface area contributed by atoms with Crippen molar-refractivity contribution in [1.82, 2.24) is 4.72 Å². The van der Waals surface area contributed by atoms with Crippen LogP contribution in [0.1, 0.15) is 5.56 Å². The molecule has 3 nitrogen and oxygen atoms in total. The van der Waals surface area contributed by atoms with Crippen molar-refractivity contribution in [2.45, 2.75) is 6.42 Å². The molecular formula is C9H12N2OS. The highest BCUT2D eigenvalue weighted by atomic mass is 32.2. The molecular weight excluding hydrogens is 184 g/mol. The lowest BCUT2D eigenvalue weighted by Gasteiger charge is -2.00. The zero-order valence-electron chi connectivity index (χ0n) is 7.19. The maximum Gasteiger partial charge on any atom is 0.322 e. The first-order valence-corrected chi connectivity index (χ1v) is 4.99. The van der Waals surface area contributed by atoms with E-state index in [1.54, 1.807) is 0 Å².